The van der Waals surface area contributed by atoms with Gasteiger partial charge in [-0.25, -0.2) is 4.98 Å². The molecule has 3 aromatic rings. The molecule has 0 aliphatic heterocycles. The number of nitrogens with zero attached hydrogens (tertiary/aromatic N) is 4. The number of nitrogens with one attached hydrogen (secondary N) is 2. The lowest BCUT2D eigenvalue weighted by Crippen LogP contribution is -2.02. The summed E-state index contributed by atoms with van der Waals surface area (Å²) in [5, 5.41) is 23.3. The Morgan fingerprint density at radius 1 is 1.14 bits per heavy atom. The number of allylic oxidation sites excluding steroid dienone is 1. The Balaban J connectivity index is 2.16. The predicted molar refractivity (Wildman–Crippen MR) is 110 cm³/mol. The average molecular weight is 377 g/mol. The van der Waals surface area contributed by atoms with Crippen molar-refractivity contribution in [1.29, 1.82) is 10.5 Å². The molecular weight excluding hydrogens is 348 g/mol. The van der Waals surface area contributed by atoms with Crippen LogP contribution in [0.15, 0.2) is 54.6 Å². The Bertz CT molecular complexity index is 1590. The maximum atomic E-state index is 9.13. The van der Waals surface area contributed by atoms with E-state index in [0.717, 1.165) is 6.07 Å². The highest BCUT2D eigenvalue weighted by Gasteiger charge is 2.07. The highest BCUT2D eigenvalue weighted by atomic mass is 15.1. The van der Waals surface area contributed by atoms with Crippen molar-refractivity contribution in [2.45, 2.75) is 13.8 Å². The molecule has 0 saturated heterocycles. The van der Waals surface area contributed by atoms with Crippen molar-refractivity contribution in [3.8, 4) is 12.1 Å². The molecule has 0 unspecified atom stereocenters. The topological polar surface area (TPSA) is 97.4 Å². The molecule has 1 heterocycles. The zero-order valence-electron chi connectivity index (χ0n) is 25.4. The fourth-order valence-electron chi connectivity index (χ4n) is 2.19. The zero-order valence-corrected chi connectivity index (χ0v) is 14.4. The van der Waals surface area contributed by atoms with Crippen molar-refractivity contribution in [2.24, 2.45) is 0 Å². The monoisotopic (exact) mass is 377 g/mol. The first-order valence-corrected chi connectivity index (χ1v) is 7.75. The van der Waals surface area contributed by atoms with E-state index in [2.05, 4.69) is 20.6 Å². The van der Waals surface area contributed by atoms with Crippen molar-refractivity contribution in [3.63, 3.8) is 0 Å². The minimum absolute atomic E-state index is 0.0113. The summed E-state index contributed by atoms with van der Waals surface area (Å²) in [6.45, 7) is -1.24. The van der Waals surface area contributed by atoms with Crippen molar-refractivity contribution in [3.05, 3.63) is 76.8 Å². The van der Waals surface area contributed by atoms with E-state index in [1.54, 1.807) is 6.07 Å². The SMILES string of the molecule is [2H]/C(C#N)=C(/[2H])c1cc(C)c(Nc2nc(Nc3c([2H])c([2H])c(C#N)c([2H])c3[2H])nc([2H])c2[2H])c(C([2H])([2H])[2H])c1. The minimum Gasteiger partial charge on any atom is -0.340 e. The van der Waals surface area contributed by atoms with Crippen LogP contribution in [0.5, 0.6) is 0 Å². The maximum absolute atomic E-state index is 9.13. The fourth-order valence-corrected chi connectivity index (χ4v) is 2.19. The van der Waals surface area contributed by atoms with Crippen LogP contribution in [0.2, 0.25) is 0 Å². The molecule has 3 rings (SSSR count). The van der Waals surface area contributed by atoms with Gasteiger partial charge in [-0.1, -0.05) is 0 Å². The van der Waals surface area contributed by atoms with Gasteiger partial charge in [0.05, 0.1) is 28.7 Å². The van der Waals surface area contributed by atoms with E-state index in [0.29, 0.717) is 0 Å². The van der Waals surface area contributed by atoms with E-state index in [-0.39, 0.29) is 33.9 Å². The molecule has 0 atom stereocenters. The van der Waals surface area contributed by atoms with E-state index in [4.69, 9.17) is 25.6 Å². The van der Waals surface area contributed by atoms with E-state index in [1.165, 1.54) is 19.1 Å². The van der Waals surface area contributed by atoms with Gasteiger partial charge in [0.1, 0.15) is 5.82 Å². The number of hydrogen-bond acceptors (Lipinski definition) is 6. The smallest absolute Gasteiger partial charge is 0.229 e. The van der Waals surface area contributed by atoms with Crippen LogP contribution in [0.1, 0.15) is 37.3 Å². The highest BCUT2D eigenvalue weighted by molar-refractivity contribution is 5.69. The zero-order chi connectivity index (χ0) is 29.4. The molecule has 136 valence electrons. The van der Waals surface area contributed by atoms with Gasteiger partial charge in [0.2, 0.25) is 5.95 Å². The number of rotatable bonds is 5. The first-order chi connectivity index (χ1) is 18.1. The van der Waals surface area contributed by atoms with Gasteiger partial charge in [-0.2, -0.15) is 15.5 Å². The van der Waals surface area contributed by atoms with E-state index >= 15 is 0 Å². The number of anilines is 4. The normalized spacial score (nSPS) is 17.0. The molecule has 0 aliphatic carbocycles. The van der Waals surface area contributed by atoms with Crippen LogP contribution < -0.4 is 10.6 Å². The third-order valence-corrected chi connectivity index (χ3v) is 3.37. The number of benzene rings is 2. The Hall–Kier alpha value is -4.16. The summed E-state index contributed by atoms with van der Waals surface area (Å²) < 4.78 is 87.7. The standard InChI is InChI=1S/C22H18N6/c1-15-12-18(4-3-10-23)13-16(2)21(15)27-20-9-11-25-22(28-20)26-19-7-5-17(14-24)6-8-19/h3-9,11-13H,1-2H3,(H2,25,26,27,28)/b4-3+/i1D3,3D,4D,5D,6D,7D,8D,9D,11D. The summed E-state index contributed by atoms with van der Waals surface area (Å²) in [4.78, 5) is 7.86. The Labute approximate surface area is 179 Å². The third kappa shape index (κ3) is 4.51. The molecule has 2 N–H and O–H groups in total. The van der Waals surface area contributed by atoms with Gasteiger partial charge in [-0.3, -0.25) is 0 Å². The van der Waals surface area contributed by atoms with Crippen LogP contribution in [-0.2, 0) is 0 Å². The molecule has 0 amide bonds. The largest absolute Gasteiger partial charge is 0.340 e. The van der Waals surface area contributed by atoms with Crippen LogP contribution in [0.25, 0.3) is 6.05 Å². The Morgan fingerprint density at radius 2 is 1.93 bits per heavy atom. The van der Waals surface area contributed by atoms with E-state index in [9.17, 15) is 0 Å². The second-order valence-electron chi connectivity index (χ2n) is 5.32. The number of nitriles is 2. The summed E-state index contributed by atoms with van der Waals surface area (Å²) in [5.41, 5.74) is -0.907. The summed E-state index contributed by atoms with van der Waals surface area (Å²) in [6.07, 6.45) is -0.618. The van der Waals surface area contributed by atoms with Crippen LogP contribution in [0.4, 0.5) is 23.1 Å². The number of aromatic nitrogens is 2. The second-order valence-corrected chi connectivity index (χ2v) is 5.32. The highest BCUT2D eigenvalue weighted by Crippen LogP contribution is 2.26. The van der Waals surface area contributed by atoms with Gasteiger partial charge in [0, 0.05) is 27.7 Å². The molecule has 28 heavy (non-hydrogen) atoms. The summed E-state index contributed by atoms with van der Waals surface area (Å²) in [7, 11) is 0. The molecule has 0 fully saturated rings. The van der Waals surface area contributed by atoms with Gasteiger partial charge in [0.15, 0.2) is 0 Å². The van der Waals surface area contributed by atoms with Crippen molar-refractivity contribution in [2.75, 3.05) is 10.6 Å². The third-order valence-electron chi connectivity index (χ3n) is 3.37. The minimum atomic E-state index is -2.74. The molecular formula is C22H18N6. The second kappa shape index (κ2) is 8.48. The first-order valence-electron chi connectivity index (χ1n) is 13.2. The van der Waals surface area contributed by atoms with Crippen LogP contribution >= 0.6 is 0 Å². The molecule has 0 spiro atoms. The summed E-state index contributed by atoms with van der Waals surface area (Å²) in [5.74, 6) is -0.736. The number of hydrogen-bond donors (Lipinski definition) is 2. The summed E-state index contributed by atoms with van der Waals surface area (Å²) in [6, 6.07) is 1.56. The summed E-state index contributed by atoms with van der Waals surface area (Å²) >= 11 is 0. The lowest BCUT2D eigenvalue weighted by atomic mass is 10.0. The lowest BCUT2D eigenvalue weighted by molar-refractivity contribution is 1.16. The van der Waals surface area contributed by atoms with Crippen molar-refractivity contribution in [1.82, 2.24) is 9.97 Å². The number of aryl methyl sites for hydroxylation is 2. The molecule has 0 radical (unpaired) electrons. The van der Waals surface area contributed by atoms with Gasteiger partial charge in [0.25, 0.3) is 0 Å². The average Bonchev–Trinajstić information content (AvgIpc) is 2.87. The molecule has 2 aromatic carbocycles. The molecule has 6 nitrogen and oxygen atoms in total. The van der Waals surface area contributed by atoms with Gasteiger partial charge < -0.3 is 10.6 Å². The fraction of sp³-hybridized carbons (Fsp3) is 0.0909. The quantitative estimate of drug-likeness (QED) is 0.608. The Kier molecular flexibility index (Phi) is 2.78. The maximum Gasteiger partial charge on any atom is 0.229 e. The lowest BCUT2D eigenvalue weighted by Gasteiger charge is -2.14. The van der Waals surface area contributed by atoms with Crippen LogP contribution in [-0.4, -0.2) is 9.97 Å². The van der Waals surface area contributed by atoms with Gasteiger partial charge >= 0.3 is 0 Å². The molecule has 6 heteroatoms. The van der Waals surface area contributed by atoms with Crippen LogP contribution in [0.3, 0.4) is 0 Å². The van der Waals surface area contributed by atoms with Gasteiger partial charge in [-0.15, -0.1) is 0 Å². The molecule has 0 bridgehead atoms. The Morgan fingerprint density at radius 3 is 2.64 bits per heavy atom. The molecule has 0 saturated carbocycles. The first kappa shape index (κ1) is 9.16. The van der Waals surface area contributed by atoms with Crippen LogP contribution in [0, 0.1) is 36.4 Å². The van der Waals surface area contributed by atoms with E-state index in [1.807, 2.05) is 0 Å². The molecule has 1 aromatic heterocycles. The molecule has 0 aliphatic rings. The van der Waals surface area contributed by atoms with Gasteiger partial charge in [-0.05, 0) is 78.9 Å². The van der Waals surface area contributed by atoms with Crippen molar-refractivity contribution < 1.29 is 15.1 Å². The van der Waals surface area contributed by atoms with E-state index < -0.39 is 66.9 Å². The van der Waals surface area contributed by atoms with Crippen molar-refractivity contribution >= 4 is 29.2 Å². The predicted octanol–water partition coefficient (Wildman–Crippen LogP) is 4.99.